The Balaban J connectivity index is 1.87. The van der Waals surface area contributed by atoms with Crippen molar-refractivity contribution in [2.45, 2.75) is 47.5 Å². The Morgan fingerprint density at radius 1 is 1.07 bits per heavy atom. The number of aryl methyl sites for hydroxylation is 2. The molecule has 2 heterocycles. The lowest BCUT2D eigenvalue weighted by Crippen LogP contribution is -2.52. The molecule has 1 fully saturated rings. The van der Waals surface area contributed by atoms with E-state index in [1.165, 1.54) is 16.7 Å². The number of hydrogen-bond acceptors (Lipinski definition) is 4. The van der Waals surface area contributed by atoms with Crippen LogP contribution in [0.3, 0.4) is 0 Å². The van der Waals surface area contributed by atoms with E-state index in [2.05, 4.69) is 62.2 Å². The fraction of sp³-hybridized carbons (Fsp3) is 0.542. The molecule has 1 N–H and O–H groups in total. The number of nitrogens with one attached hydrogen (secondary N) is 1. The lowest BCUT2D eigenvalue weighted by molar-refractivity contribution is 0.195. The largest absolute Gasteiger partial charge is 0.353 e. The van der Waals surface area contributed by atoms with Crippen molar-refractivity contribution in [1.29, 1.82) is 0 Å². The van der Waals surface area contributed by atoms with Crippen LogP contribution in [0.2, 0.25) is 0 Å². The van der Waals surface area contributed by atoms with Crippen molar-refractivity contribution in [3.05, 3.63) is 52.5 Å². The van der Waals surface area contributed by atoms with Crippen LogP contribution in [0.5, 0.6) is 0 Å². The number of amides is 2. The monoisotopic (exact) mass is 409 g/mol. The lowest BCUT2D eigenvalue weighted by Gasteiger charge is -2.36. The molecule has 6 heteroatoms. The van der Waals surface area contributed by atoms with Crippen LogP contribution in [-0.2, 0) is 12.8 Å². The second-order valence-corrected chi connectivity index (χ2v) is 8.60. The molecule has 1 aliphatic rings. The third-order valence-electron chi connectivity index (χ3n) is 5.53. The van der Waals surface area contributed by atoms with Gasteiger partial charge in [0.25, 0.3) is 0 Å². The molecule has 0 radical (unpaired) electrons. The summed E-state index contributed by atoms with van der Waals surface area (Å²) >= 11 is 0. The number of rotatable bonds is 6. The summed E-state index contributed by atoms with van der Waals surface area (Å²) in [6.07, 6.45) is 1.69. The van der Waals surface area contributed by atoms with E-state index in [-0.39, 0.29) is 6.03 Å². The molecule has 3 rings (SSSR count). The number of piperazine rings is 1. The highest BCUT2D eigenvalue weighted by atomic mass is 16.2. The van der Waals surface area contributed by atoms with Gasteiger partial charge in [0.2, 0.25) is 0 Å². The molecule has 1 aromatic heterocycles. The maximum absolute atomic E-state index is 12.2. The Kier molecular flexibility index (Phi) is 7.29. The van der Waals surface area contributed by atoms with Crippen molar-refractivity contribution in [3.63, 3.8) is 0 Å². The molecule has 0 bridgehead atoms. The molecule has 2 amide bonds. The van der Waals surface area contributed by atoms with Gasteiger partial charge in [0.1, 0.15) is 11.6 Å². The van der Waals surface area contributed by atoms with Gasteiger partial charge in [-0.3, -0.25) is 0 Å². The molecule has 162 valence electrons. The molecule has 0 atom stereocenters. The van der Waals surface area contributed by atoms with Crippen LogP contribution in [0.15, 0.2) is 24.3 Å². The van der Waals surface area contributed by atoms with E-state index < -0.39 is 0 Å². The predicted molar refractivity (Wildman–Crippen MR) is 122 cm³/mol. The quantitative estimate of drug-likeness (QED) is 0.790. The second kappa shape index (κ2) is 9.92. The highest BCUT2D eigenvalue weighted by Crippen LogP contribution is 2.26. The second-order valence-electron chi connectivity index (χ2n) is 8.60. The maximum atomic E-state index is 12.2. The molecule has 30 heavy (non-hydrogen) atoms. The van der Waals surface area contributed by atoms with Crippen LogP contribution in [0, 0.1) is 19.8 Å². The molecular weight excluding hydrogens is 374 g/mol. The van der Waals surface area contributed by atoms with Gasteiger partial charge < -0.3 is 15.1 Å². The summed E-state index contributed by atoms with van der Waals surface area (Å²) in [6, 6.07) is 8.71. The number of aromatic nitrogens is 2. The van der Waals surface area contributed by atoms with Crippen LogP contribution < -0.4 is 10.2 Å². The third-order valence-corrected chi connectivity index (χ3v) is 5.53. The first-order valence-corrected chi connectivity index (χ1v) is 11.1. The Bertz CT molecular complexity index is 855. The Labute approximate surface area is 180 Å². The van der Waals surface area contributed by atoms with Gasteiger partial charge in [0.15, 0.2) is 0 Å². The topological polar surface area (TPSA) is 61.4 Å². The normalized spacial score (nSPS) is 14.3. The summed E-state index contributed by atoms with van der Waals surface area (Å²) in [5.41, 5.74) is 4.78. The number of urea groups is 1. The van der Waals surface area contributed by atoms with Gasteiger partial charge in [0, 0.05) is 56.8 Å². The minimum Gasteiger partial charge on any atom is -0.353 e. The molecule has 1 saturated heterocycles. The van der Waals surface area contributed by atoms with Gasteiger partial charge in [-0.2, -0.15) is 0 Å². The smallest absolute Gasteiger partial charge is 0.317 e. The van der Waals surface area contributed by atoms with Crippen molar-refractivity contribution in [2.24, 2.45) is 5.92 Å². The van der Waals surface area contributed by atoms with E-state index in [1.807, 2.05) is 11.8 Å². The van der Waals surface area contributed by atoms with Crippen molar-refractivity contribution in [2.75, 3.05) is 37.6 Å². The summed E-state index contributed by atoms with van der Waals surface area (Å²) in [6.45, 7) is 14.2. The summed E-state index contributed by atoms with van der Waals surface area (Å²) in [5, 5.41) is 2.90. The van der Waals surface area contributed by atoms with E-state index in [0.717, 1.165) is 43.3 Å². The van der Waals surface area contributed by atoms with Gasteiger partial charge in [-0.15, -0.1) is 0 Å². The molecule has 0 aliphatic carbocycles. The van der Waals surface area contributed by atoms with Gasteiger partial charge in [-0.1, -0.05) is 43.7 Å². The van der Waals surface area contributed by atoms with Gasteiger partial charge >= 0.3 is 6.03 Å². The van der Waals surface area contributed by atoms with E-state index >= 15 is 0 Å². The van der Waals surface area contributed by atoms with Crippen molar-refractivity contribution >= 4 is 11.8 Å². The highest BCUT2D eigenvalue weighted by molar-refractivity contribution is 5.74. The predicted octanol–water partition coefficient (Wildman–Crippen LogP) is 3.73. The Hall–Kier alpha value is -2.63. The maximum Gasteiger partial charge on any atom is 0.317 e. The summed E-state index contributed by atoms with van der Waals surface area (Å²) in [4.78, 5) is 26.3. The number of nitrogens with zero attached hydrogens (tertiary/aromatic N) is 4. The van der Waals surface area contributed by atoms with Crippen LogP contribution >= 0.6 is 0 Å². The number of carbonyl (C=O) groups excluding carboxylic acids is 1. The van der Waals surface area contributed by atoms with Gasteiger partial charge in [-0.05, 0) is 32.3 Å². The molecule has 0 unspecified atom stereocenters. The molecule has 1 aliphatic heterocycles. The van der Waals surface area contributed by atoms with Crippen molar-refractivity contribution in [3.8, 4) is 0 Å². The van der Waals surface area contributed by atoms with E-state index in [9.17, 15) is 4.79 Å². The molecule has 0 spiro atoms. The van der Waals surface area contributed by atoms with Crippen molar-refractivity contribution in [1.82, 2.24) is 20.2 Å². The van der Waals surface area contributed by atoms with Crippen molar-refractivity contribution < 1.29 is 4.79 Å². The third kappa shape index (κ3) is 5.49. The first kappa shape index (κ1) is 22.1. The average Bonchev–Trinajstić information content (AvgIpc) is 2.71. The van der Waals surface area contributed by atoms with Crippen LogP contribution in [0.1, 0.15) is 49.0 Å². The summed E-state index contributed by atoms with van der Waals surface area (Å²) < 4.78 is 0. The Morgan fingerprint density at radius 3 is 2.33 bits per heavy atom. The molecule has 0 saturated carbocycles. The molecular formula is C24H35N5O. The van der Waals surface area contributed by atoms with Crippen LogP contribution in [0.25, 0.3) is 0 Å². The zero-order valence-corrected chi connectivity index (χ0v) is 19.0. The minimum atomic E-state index is 0.0244. The fourth-order valence-electron chi connectivity index (χ4n) is 3.86. The van der Waals surface area contributed by atoms with E-state index in [1.54, 1.807) is 0 Å². The SMILES string of the molecule is CCNC(=O)N1CCN(c2nc(CC(C)C)nc(C)c2Cc2ccc(C)cc2)CC1. The van der Waals surface area contributed by atoms with Gasteiger partial charge in [0.05, 0.1) is 0 Å². The summed E-state index contributed by atoms with van der Waals surface area (Å²) in [5.74, 6) is 2.46. The molecule has 2 aromatic rings. The zero-order valence-electron chi connectivity index (χ0n) is 19.0. The standard InChI is InChI=1S/C24H35N5O/c1-6-25-24(30)29-13-11-28(12-14-29)23-21(16-20-9-7-18(4)8-10-20)19(5)26-22(27-23)15-17(2)3/h7-10,17H,6,11-16H2,1-5H3,(H,25,30). The zero-order chi connectivity index (χ0) is 21.7. The van der Waals surface area contributed by atoms with Gasteiger partial charge in [-0.25, -0.2) is 14.8 Å². The number of hydrogen-bond donors (Lipinski definition) is 1. The number of anilines is 1. The summed E-state index contributed by atoms with van der Waals surface area (Å²) in [7, 11) is 0. The average molecular weight is 410 g/mol. The van der Waals surface area contributed by atoms with E-state index in [0.29, 0.717) is 25.6 Å². The minimum absolute atomic E-state index is 0.0244. The number of benzene rings is 1. The fourth-order valence-corrected chi connectivity index (χ4v) is 3.86. The highest BCUT2D eigenvalue weighted by Gasteiger charge is 2.25. The van der Waals surface area contributed by atoms with E-state index in [4.69, 9.17) is 9.97 Å². The van der Waals surface area contributed by atoms with Crippen LogP contribution in [-0.4, -0.2) is 53.6 Å². The molecule has 6 nitrogen and oxygen atoms in total. The Morgan fingerprint density at radius 2 is 1.73 bits per heavy atom. The first-order chi connectivity index (χ1) is 14.4. The lowest BCUT2D eigenvalue weighted by atomic mass is 10.0. The number of carbonyl (C=O) groups is 1. The molecule has 1 aromatic carbocycles. The first-order valence-electron chi connectivity index (χ1n) is 11.1. The van der Waals surface area contributed by atoms with Crippen LogP contribution in [0.4, 0.5) is 10.6 Å².